The van der Waals surface area contributed by atoms with E-state index in [2.05, 4.69) is 153 Å². The monoisotopic (exact) mass is 1310 g/mol. The lowest BCUT2D eigenvalue weighted by Gasteiger charge is -2.26. The number of hydrogen-bond donors (Lipinski definition) is 0. The van der Waals surface area contributed by atoms with Crippen LogP contribution in [0.4, 0.5) is 0 Å². The highest BCUT2D eigenvalue weighted by molar-refractivity contribution is 9.10. The van der Waals surface area contributed by atoms with Crippen molar-refractivity contribution in [2.45, 2.75) is 85.5 Å². The standard InChI is InChI=1S/C19H19BrN2O3.C19H19N3O.C18H13N3OS.C17H17N3O/c1-4-23-16-10-9-13(11-17(16)24-5-2)19-21-18(22-25-19)14-7-6-8-15(20)12(14)3;1-2-4-14(5-3-1)15-6-8-17(9-7-15)19-21-18(22-23-19)16-10-12-20-13-11-16;1-12-15(13-5-3-2-4-6-13)11-16(23-12)18-20-17(21-22-18)14-7-9-19-10-8-14;1-12(2)10-13-4-3-5-15(11-13)17-19-16(20-21-17)14-6-8-18-9-7-14/h6-11H,4-5H2,1-3H3;1-5,10-13,15,17H,6-9H2;2-11H,1H3;3-9,11-12H,10H2,1-2H3. The SMILES string of the molecule is CC(C)Cc1cccc(-c2nc(-c3ccncc3)no2)c1.CCOc1ccc(-c2nc(-c3cccc(Br)c3C)no2)cc1OCC.Cc1sc(-c2nc(-c3ccncc3)no2)cc1-c1ccccc1.c1ccc(C2CCC(c3nc(-c4ccncc4)no3)CC2)cc1. The zero-order valence-electron chi connectivity index (χ0n) is 51.9. The number of benzene rings is 5. The van der Waals surface area contributed by atoms with Crippen LogP contribution in [0.3, 0.4) is 0 Å². The molecule has 0 N–H and O–H groups in total. The smallest absolute Gasteiger partial charge is 0.268 e. The number of hydrogen-bond acceptors (Lipinski definition) is 18. The highest BCUT2D eigenvalue weighted by atomic mass is 79.9. The molecule has 5 aromatic carbocycles. The molecular weight excluding hydrogens is 1240 g/mol. The lowest BCUT2D eigenvalue weighted by Crippen LogP contribution is -2.12. The minimum absolute atomic E-state index is 0.387. The summed E-state index contributed by atoms with van der Waals surface area (Å²) < 4.78 is 34.1. The number of nitrogens with zero attached hydrogens (tertiary/aromatic N) is 11. The van der Waals surface area contributed by atoms with Crippen LogP contribution >= 0.6 is 27.3 Å². The molecule has 8 heterocycles. The Hall–Kier alpha value is -10.1. The maximum Gasteiger partial charge on any atom is 0.268 e. The van der Waals surface area contributed by atoms with Crippen LogP contribution in [0.5, 0.6) is 11.5 Å². The Morgan fingerprint density at radius 3 is 1.60 bits per heavy atom. The molecule has 0 spiro atoms. The molecule has 92 heavy (non-hydrogen) atoms. The van der Waals surface area contributed by atoms with E-state index in [1.165, 1.54) is 40.0 Å². The maximum absolute atomic E-state index is 5.66. The van der Waals surface area contributed by atoms with Crippen molar-refractivity contribution in [1.82, 2.24) is 55.5 Å². The fraction of sp³-hybridized carbons (Fsp3) is 0.219. The van der Waals surface area contributed by atoms with Crippen LogP contribution in [0.25, 0.3) is 90.4 Å². The van der Waals surface area contributed by atoms with Crippen molar-refractivity contribution in [1.29, 1.82) is 0 Å². The summed E-state index contributed by atoms with van der Waals surface area (Å²) in [5.41, 5.74) is 11.6. The van der Waals surface area contributed by atoms with E-state index < -0.39 is 0 Å². The van der Waals surface area contributed by atoms with Gasteiger partial charge >= 0.3 is 0 Å². The lowest BCUT2D eigenvalue weighted by molar-refractivity contribution is 0.288. The second kappa shape index (κ2) is 31.1. The molecule has 0 saturated heterocycles. The van der Waals surface area contributed by atoms with Gasteiger partial charge in [0.2, 0.25) is 29.2 Å². The topological polar surface area (TPSA) is 213 Å². The summed E-state index contributed by atoms with van der Waals surface area (Å²) in [5, 5.41) is 16.4. The van der Waals surface area contributed by atoms with Gasteiger partial charge in [-0.3, -0.25) is 15.0 Å². The molecule has 0 radical (unpaired) electrons. The number of pyridine rings is 3. The molecule has 0 bridgehead atoms. The molecule has 0 aliphatic heterocycles. The van der Waals surface area contributed by atoms with E-state index in [1.54, 1.807) is 48.5 Å². The summed E-state index contributed by atoms with van der Waals surface area (Å²) in [6.45, 7) is 13.5. The van der Waals surface area contributed by atoms with E-state index >= 15 is 0 Å². The molecule has 19 heteroatoms. The average Bonchev–Trinajstić information content (AvgIpc) is 1.94. The Bertz CT molecular complexity index is 4400. The molecule has 13 aromatic rings. The van der Waals surface area contributed by atoms with Gasteiger partial charge in [0.25, 0.3) is 17.7 Å². The summed E-state index contributed by atoms with van der Waals surface area (Å²) in [4.78, 5) is 32.3. The number of aryl methyl sites for hydroxylation is 1. The zero-order valence-corrected chi connectivity index (χ0v) is 54.3. The second-order valence-electron chi connectivity index (χ2n) is 22.1. The van der Waals surface area contributed by atoms with Crippen molar-refractivity contribution in [3.8, 4) is 102 Å². The third-order valence-electron chi connectivity index (χ3n) is 15.2. The van der Waals surface area contributed by atoms with E-state index in [9.17, 15) is 0 Å². The summed E-state index contributed by atoms with van der Waals surface area (Å²) in [6.07, 6.45) is 16.0. The molecule has 1 aliphatic carbocycles. The van der Waals surface area contributed by atoms with Gasteiger partial charge < -0.3 is 27.6 Å². The fourth-order valence-corrected chi connectivity index (χ4v) is 11.9. The van der Waals surface area contributed by atoms with Crippen molar-refractivity contribution < 1.29 is 27.6 Å². The summed E-state index contributed by atoms with van der Waals surface area (Å²) >= 11 is 5.19. The van der Waals surface area contributed by atoms with E-state index in [4.69, 9.17) is 27.6 Å². The Morgan fingerprint density at radius 2 is 0.978 bits per heavy atom. The normalized spacial score (nSPS) is 13.4. The van der Waals surface area contributed by atoms with Gasteiger partial charge in [-0.15, -0.1) is 11.3 Å². The number of halogens is 1. The molecule has 1 fully saturated rings. The molecule has 8 aromatic heterocycles. The van der Waals surface area contributed by atoms with Gasteiger partial charge in [0, 0.05) is 85.8 Å². The molecule has 0 unspecified atom stereocenters. The van der Waals surface area contributed by atoms with Crippen LogP contribution in [0.1, 0.15) is 92.7 Å². The summed E-state index contributed by atoms with van der Waals surface area (Å²) in [7, 11) is 0. The Balaban J connectivity index is 0.000000126. The lowest BCUT2D eigenvalue weighted by atomic mass is 9.78. The third kappa shape index (κ3) is 16.3. The van der Waals surface area contributed by atoms with Crippen LogP contribution in [0, 0.1) is 19.8 Å². The number of thiophene rings is 1. The first-order valence-electron chi connectivity index (χ1n) is 30.6. The zero-order chi connectivity index (χ0) is 63.6. The molecule has 14 rings (SSSR count). The minimum atomic E-state index is 0.387. The van der Waals surface area contributed by atoms with Crippen molar-refractivity contribution in [3.63, 3.8) is 0 Å². The van der Waals surface area contributed by atoms with E-state index in [1.807, 2.05) is 124 Å². The largest absolute Gasteiger partial charge is 0.490 e. The van der Waals surface area contributed by atoms with Crippen LogP contribution in [-0.2, 0) is 6.42 Å². The number of aromatic nitrogens is 11. The maximum atomic E-state index is 5.66. The second-order valence-corrected chi connectivity index (χ2v) is 24.2. The van der Waals surface area contributed by atoms with Gasteiger partial charge in [-0.1, -0.05) is 135 Å². The summed E-state index contributed by atoms with van der Waals surface area (Å²) in [6, 6.07) is 54.3. The molecular formula is C73H68BrN11O6S. The van der Waals surface area contributed by atoms with Crippen LogP contribution in [0.2, 0.25) is 0 Å². The molecule has 1 aliphatic rings. The Kier molecular flexibility index (Phi) is 21.4. The Labute approximate surface area is 546 Å². The van der Waals surface area contributed by atoms with Gasteiger partial charge in [-0.05, 0) is 178 Å². The van der Waals surface area contributed by atoms with Gasteiger partial charge in [0.1, 0.15) is 0 Å². The van der Waals surface area contributed by atoms with Crippen LogP contribution < -0.4 is 9.47 Å². The quantitative estimate of drug-likeness (QED) is 0.0879. The van der Waals surface area contributed by atoms with Gasteiger partial charge in [-0.2, -0.15) is 19.9 Å². The first kappa shape index (κ1) is 63.5. The molecule has 0 amide bonds. The van der Waals surface area contributed by atoms with E-state index in [0.717, 1.165) is 73.4 Å². The fourth-order valence-electron chi connectivity index (χ4n) is 10.6. The first-order valence-corrected chi connectivity index (χ1v) is 32.2. The van der Waals surface area contributed by atoms with Gasteiger partial charge in [0.15, 0.2) is 11.5 Å². The van der Waals surface area contributed by atoms with Crippen molar-refractivity contribution in [2.75, 3.05) is 13.2 Å². The number of rotatable bonds is 16. The van der Waals surface area contributed by atoms with Crippen LogP contribution in [-0.4, -0.2) is 68.7 Å². The predicted octanol–water partition coefficient (Wildman–Crippen LogP) is 18.7. The molecule has 0 atom stereocenters. The first-order chi connectivity index (χ1) is 45.1. The van der Waals surface area contributed by atoms with Crippen molar-refractivity contribution in [3.05, 3.63) is 233 Å². The molecule has 1 saturated carbocycles. The predicted molar refractivity (Wildman–Crippen MR) is 360 cm³/mol. The van der Waals surface area contributed by atoms with Gasteiger partial charge in [-0.25, -0.2) is 0 Å². The van der Waals surface area contributed by atoms with Crippen molar-refractivity contribution in [2.24, 2.45) is 5.92 Å². The highest BCUT2D eigenvalue weighted by Crippen LogP contribution is 2.41. The van der Waals surface area contributed by atoms with E-state index in [-0.39, 0.29) is 0 Å². The Morgan fingerprint density at radius 1 is 0.467 bits per heavy atom. The molecule has 17 nitrogen and oxygen atoms in total. The van der Waals surface area contributed by atoms with E-state index in [0.29, 0.717) is 83.4 Å². The summed E-state index contributed by atoms with van der Waals surface area (Å²) in [5.74, 6) is 7.74. The number of ether oxygens (including phenoxy) is 2. The third-order valence-corrected chi connectivity index (χ3v) is 17.1. The van der Waals surface area contributed by atoms with Gasteiger partial charge in [0.05, 0.1) is 18.1 Å². The minimum Gasteiger partial charge on any atom is -0.490 e. The highest BCUT2D eigenvalue weighted by Gasteiger charge is 2.28. The average molecular weight is 1310 g/mol. The van der Waals surface area contributed by atoms with Crippen LogP contribution in [0.15, 0.2) is 224 Å². The van der Waals surface area contributed by atoms with Crippen molar-refractivity contribution >= 4 is 27.3 Å². The molecule has 464 valence electrons.